The monoisotopic (exact) mass is 417 g/mol. The van der Waals surface area contributed by atoms with Gasteiger partial charge in [-0.1, -0.05) is 12.8 Å². The first-order chi connectivity index (χ1) is 13.8. The van der Waals surface area contributed by atoms with E-state index in [1.165, 1.54) is 62.4 Å². The van der Waals surface area contributed by atoms with Crippen LogP contribution in [0, 0.1) is 5.92 Å². The van der Waals surface area contributed by atoms with Crippen molar-refractivity contribution in [3.8, 4) is 0 Å². The fourth-order valence-corrected chi connectivity index (χ4v) is 4.31. The second kappa shape index (κ2) is 8.79. The molecule has 0 spiro atoms. The van der Waals surface area contributed by atoms with Crippen molar-refractivity contribution in [2.75, 3.05) is 31.3 Å². The third-order valence-corrected chi connectivity index (χ3v) is 6.96. The number of pyridine rings is 1. The Morgan fingerprint density at radius 3 is 2.45 bits per heavy atom. The zero-order chi connectivity index (χ0) is 21.0. The number of benzene rings is 1. The van der Waals surface area contributed by atoms with Crippen molar-refractivity contribution in [2.45, 2.75) is 30.6 Å². The van der Waals surface area contributed by atoms with Crippen LogP contribution in [0.4, 0.5) is 17.2 Å². The van der Waals surface area contributed by atoms with Crippen molar-refractivity contribution >= 4 is 33.1 Å². The molecule has 8 nitrogen and oxygen atoms in total. The minimum atomic E-state index is -3.48. The molecule has 4 N–H and O–H groups in total. The summed E-state index contributed by atoms with van der Waals surface area (Å²) in [5.74, 6) is 0.606. The van der Waals surface area contributed by atoms with Gasteiger partial charge >= 0.3 is 0 Å². The van der Waals surface area contributed by atoms with Crippen LogP contribution in [0.1, 0.15) is 36.0 Å². The lowest BCUT2D eigenvalue weighted by Crippen LogP contribution is -2.22. The van der Waals surface area contributed by atoms with Gasteiger partial charge < -0.3 is 16.4 Å². The quantitative estimate of drug-likeness (QED) is 0.608. The Bertz CT molecular complexity index is 968. The van der Waals surface area contributed by atoms with Crippen LogP contribution in [0.15, 0.2) is 41.4 Å². The number of rotatable bonds is 8. The first-order valence-corrected chi connectivity index (χ1v) is 11.0. The maximum absolute atomic E-state index is 12.2. The van der Waals surface area contributed by atoms with E-state index in [9.17, 15) is 13.2 Å². The Balaban J connectivity index is 1.76. The molecule has 2 aromatic rings. The van der Waals surface area contributed by atoms with Gasteiger partial charge in [-0.05, 0) is 43.0 Å². The Morgan fingerprint density at radius 2 is 1.86 bits per heavy atom. The summed E-state index contributed by atoms with van der Waals surface area (Å²) in [6, 6.07) is 8.17. The van der Waals surface area contributed by atoms with E-state index < -0.39 is 15.9 Å². The Labute approximate surface area is 171 Å². The number of amides is 1. The second-order valence-electron chi connectivity index (χ2n) is 7.45. The Hall–Kier alpha value is -2.65. The molecule has 1 aromatic heterocycles. The predicted molar refractivity (Wildman–Crippen MR) is 114 cm³/mol. The van der Waals surface area contributed by atoms with Crippen LogP contribution in [0.5, 0.6) is 0 Å². The fourth-order valence-electron chi connectivity index (χ4n) is 3.40. The number of hydrogen-bond donors (Lipinski definition) is 3. The van der Waals surface area contributed by atoms with E-state index in [0.717, 1.165) is 6.54 Å². The largest absolute Gasteiger partial charge is 0.384 e. The average molecular weight is 418 g/mol. The zero-order valence-corrected chi connectivity index (χ0v) is 17.5. The third kappa shape index (κ3) is 5.04. The van der Waals surface area contributed by atoms with Gasteiger partial charge in [0, 0.05) is 38.6 Å². The van der Waals surface area contributed by atoms with Gasteiger partial charge in [0.05, 0.1) is 16.1 Å². The number of primary amides is 1. The van der Waals surface area contributed by atoms with Crippen LogP contribution in [0.25, 0.3) is 0 Å². The highest BCUT2D eigenvalue weighted by Crippen LogP contribution is 2.27. The van der Waals surface area contributed by atoms with Crippen LogP contribution in [0.3, 0.4) is 0 Å². The molecule has 0 unspecified atom stereocenters. The number of hydrogen-bond acceptors (Lipinski definition) is 6. The van der Waals surface area contributed by atoms with Gasteiger partial charge in [0.2, 0.25) is 10.0 Å². The van der Waals surface area contributed by atoms with E-state index in [-0.39, 0.29) is 4.90 Å². The lowest BCUT2D eigenvalue weighted by Gasteiger charge is -2.16. The summed E-state index contributed by atoms with van der Waals surface area (Å²) < 4.78 is 25.5. The number of anilines is 3. The molecule has 0 aliphatic heterocycles. The van der Waals surface area contributed by atoms with E-state index in [0.29, 0.717) is 28.7 Å². The van der Waals surface area contributed by atoms with Crippen molar-refractivity contribution in [3.05, 3.63) is 42.1 Å². The van der Waals surface area contributed by atoms with Gasteiger partial charge in [-0.3, -0.25) is 4.79 Å². The van der Waals surface area contributed by atoms with Crippen LogP contribution >= 0.6 is 0 Å². The molecule has 0 atom stereocenters. The molecule has 1 saturated carbocycles. The molecule has 1 fully saturated rings. The van der Waals surface area contributed by atoms with Gasteiger partial charge in [-0.15, -0.1) is 0 Å². The van der Waals surface area contributed by atoms with Crippen molar-refractivity contribution in [1.29, 1.82) is 0 Å². The van der Waals surface area contributed by atoms with E-state index in [1.54, 1.807) is 18.2 Å². The molecule has 1 aromatic carbocycles. The highest BCUT2D eigenvalue weighted by molar-refractivity contribution is 7.89. The van der Waals surface area contributed by atoms with Crippen molar-refractivity contribution in [1.82, 2.24) is 9.29 Å². The average Bonchev–Trinajstić information content (AvgIpc) is 3.20. The molecule has 9 heteroatoms. The highest BCUT2D eigenvalue weighted by atomic mass is 32.2. The first kappa shape index (κ1) is 21.1. The molecular formula is C20H27N5O3S. The molecule has 29 heavy (non-hydrogen) atoms. The van der Waals surface area contributed by atoms with Gasteiger partial charge in [-0.2, -0.15) is 0 Å². The molecule has 0 radical (unpaired) electrons. The van der Waals surface area contributed by atoms with Crippen molar-refractivity contribution in [3.63, 3.8) is 0 Å². The number of carbonyl (C=O) groups is 1. The number of nitrogens with two attached hydrogens (primary N) is 1. The molecule has 3 rings (SSSR count). The van der Waals surface area contributed by atoms with E-state index >= 15 is 0 Å². The number of aromatic nitrogens is 1. The van der Waals surface area contributed by atoms with Gasteiger partial charge in [0.1, 0.15) is 5.82 Å². The summed E-state index contributed by atoms with van der Waals surface area (Å²) >= 11 is 0. The van der Waals surface area contributed by atoms with Gasteiger partial charge in [0.15, 0.2) is 0 Å². The van der Waals surface area contributed by atoms with E-state index in [1.807, 2.05) is 0 Å². The minimum Gasteiger partial charge on any atom is -0.384 e. The second-order valence-corrected chi connectivity index (χ2v) is 9.60. The zero-order valence-electron chi connectivity index (χ0n) is 16.7. The summed E-state index contributed by atoms with van der Waals surface area (Å²) in [6.45, 7) is 0.792. The molecule has 1 amide bonds. The molecule has 1 aliphatic rings. The minimum absolute atomic E-state index is 0.212. The van der Waals surface area contributed by atoms with Crippen molar-refractivity contribution in [2.24, 2.45) is 11.7 Å². The van der Waals surface area contributed by atoms with E-state index in [2.05, 4.69) is 15.6 Å². The molecule has 0 bridgehead atoms. The maximum atomic E-state index is 12.2. The number of nitrogens with zero attached hydrogens (tertiary/aromatic N) is 2. The van der Waals surface area contributed by atoms with E-state index in [4.69, 9.17) is 5.73 Å². The normalized spacial score (nSPS) is 14.9. The third-order valence-electron chi connectivity index (χ3n) is 5.13. The molecule has 156 valence electrons. The van der Waals surface area contributed by atoms with Crippen LogP contribution in [0.2, 0.25) is 0 Å². The fraction of sp³-hybridized carbons (Fsp3) is 0.400. The summed E-state index contributed by atoms with van der Waals surface area (Å²) in [6.07, 6.45) is 6.33. The molecule has 1 aliphatic carbocycles. The van der Waals surface area contributed by atoms with Crippen LogP contribution in [-0.2, 0) is 10.0 Å². The molecular weight excluding hydrogens is 390 g/mol. The molecule has 1 heterocycles. The Morgan fingerprint density at radius 1 is 1.21 bits per heavy atom. The summed E-state index contributed by atoms with van der Waals surface area (Å²) in [5, 5.41) is 6.47. The van der Waals surface area contributed by atoms with Gasteiger partial charge in [-0.25, -0.2) is 17.7 Å². The highest BCUT2D eigenvalue weighted by Gasteiger charge is 2.18. The van der Waals surface area contributed by atoms with Crippen LogP contribution in [-0.4, -0.2) is 44.3 Å². The summed E-state index contributed by atoms with van der Waals surface area (Å²) in [7, 11) is -0.492. The number of nitrogens with one attached hydrogen (secondary N) is 2. The molecule has 0 saturated heterocycles. The topological polar surface area (TPSA) is 117 Å². The smallest absolute Gasteiger partial charge is 0.252 e. The number of sulfonamides is 1. The SMILES string of the molecule is CN(C)S(=O)(=O)c1ccc(Nc2cc(NCC3CCCC3)c(C(N)=O)cn2)cc1. The summed E-state index contributed by atoms with van der Waals surface area (Å²) in [5.41, 5.74) is 7.16. The van der Waals surface area contributed by atoms with Crippen molar-refractivity contribution < 1.29 is 13.2 Å². The van der Waals surface area contributed by atoms with Crippen LogP contribution < -0.4 is 16.4 Å². The lowest BCUT2D eigenvalue weighted by molar-refractivity contribution is 0.100. The number of carbonyl (C=O) groups excluding carboxylic acids is 1. The maximum Gasteiger partial charge on any atom is 0.252 e. The van der Waals surface area contributed by atoms with Gasteiger partial charge in [0.25, 0.3) is 5.91 Å². The lowest BCUT2D eigenvalue weighted by atomic mass is 10.1. The summed E-state index contributed by atoms with van der Waals surface area (Å²) in [4.78, 5) is 16.2. The predicted octanol–water partition coefficient (Wildman–Crippen LogP) is 2.78. The first-order valence-electron chi connectivity index (χ1n) is 9.60. The Kier molecular flexibility index (Phi) is 6.39. The standard InChI is InChI=1S/C20H27N5O3S/c1-25(2)29(27,28)16-9-7-15(8-10-16)24-19-11-18(17(13-23-19)20(21)26)22-12-14-5-3-4-6-14/h7-11,13-14H,3-6,12H2,1-2H3,(H2,21,26)(H2,22,23,24).